The number of amides is 3. The van der Waals surface area contributed by atoms with Crippen molar-refractivity contribution >= 4 is 46.4 Å². The van der Waals surface area contributed by atoms with Gasteiger partial charge in [0.05, 0.1) is 6.04 Å². The van der Waals surface area contributed by atoms with Crippen LogP contribution in [0.5, 0.6) is 0 Å². The van der Waals surface area contributed by atoms with Gasteiger partial charge in [-0.1, -0.05) is 48.5 Å². The zero-order chi connectivity index (χ0) is 29.4. The molecule has 1 aliphatic rings. The van der Waals surface area contributed by atoms with Crippen molar-refractivity contribution in [2.45, 2.75) is 56.3 Å². The zero-order valence-electron chi connectivity index (χ0n) is 23.0. The molecule has 1 aromatic heterocycles. The number of aromatic nitrogens is 1. The molecule has 3 aromatic rings. The maximum absolute atomic E-state index is 13.6. The third-order valence-electron chi connectivity index (χ3n) is 7.41. The Balaban J connectivity index is 1.51. The van der Waals surface area contributed by atoms with E-state index in [0.717, 1.165) is 22.0 Å². The van der Waals surface area contributed by atoms with Gasteiger partial charge in [-0.05, 0) is 54.9 Å². The fourth-order valence-electron chi connectivity index (χ4n) is 5.23. The first kappa shape index (κ1) is 30.1. The number of carboxylic acids is 1. The Hall–Kier alpha value is -3.83. The van der Waals surface area contributed by atoms with Crippen molar-refractivity contribution < 1.29 is 24.3 Å². The second-order valence-corrected chi connectivity index (χ2v) is 11.3. The molecule has 1 aliphatic heterocycles. The fourth-order valence-corrected chi connectivity index (χ4v) is 5.71. The van der Waals surface area contributed by atoms with Crippen molar-refractivity contribution in [1.82, 2.24) is 20.5 Å². The number of fused-ring (bicyclic) bond motifs is 1. The summed E-state index contributed by atoms with van der Waals surface area (Å²) < 4.78 is 0. The topological polar surface area (TPSA) is 158 Å². The second kappa shape index (κ2) is 14.2. The number of carbonyl (C=O) groups is 4. The summed E-state index contributed by atoms with van der Waals surface area (Å²) >= 11 is 1.48. The molecule has 1 fully saturated rings. The summed E-state index contributed by atoms with van der Waals surface area (Å²) in [5.74, 6) is -1.94. The van der Waals surface area contributed by atoms with E-state index in [0.29, 0.717) is 31.6 Å². The maximum Gasteiger partial charge on any atom is 0.326 e. The number of hydrogen-bond donors (Lipinski definition) is 5. The minimum atomic E-state index is -1.13. The van der Waals surface area contributed by atoms with Crippen molar-refractivity contribution in [3.63, 3.8) is 0 Å². The Bertz CT molecular complexity index is 1360. The summed E-state index contributed by atoms with van der Waals surface area (Å²) in [6, 6.07) is 13.4. The minimum absolute atomic E-state index is 0.143. The summed E-state index contributed by atoms with van der Waals surface area (Å²) in [7, 11) is 0. The number of likely N-dealkylation sites (tertiary alicyclic amines) is 1. The number of para-hydroxylation sites is 1. The van der Waals surface area contributed by atoms with Crippen LogP contribution in [0.1, 0.15) is 30.4 Å². The SMILES string of the molecule is CSCCC(NC(=O)C(Cc1c[nH]c2ccccc12)NC(=O)C1CCCN1C(=O)C(N)Cc1ccccc1)C(=O)O. The lowest BCUT2D eigenvalue weighted by molar-refractivity contribution is -0.143. The standard InChI is InChI=1S/C30H37N5O5S/c1-41-15-13-24(30(39)40)33-27(36)25(17-20-18-32-23-11-6-5-10-21(20)23)34-28(37)26-12-7-14-35(26)29(38)22(31)16-19-8-3-2-4-9-19/h2-6,8-11,18,22,24-26,32H,7,12-17,31H2,1H3,(H,33,36)(H,34,37)(H,39,40). The van der Waals surface area contributed by atoms with Crippen LogP contribution in [0, 0.1) is 0 Å². The Labute approximate surface area is 243 Å². The van der Waals surface area contributed by atoms with Crippen LogP contribution in [-0.2, 0) is 32.0 Å². The van der Waals surface area contributed by atoms with E-state index in [4.69, 9.17) is 5.73 Å². The predicted octanol–water partition coefficient (Wildman–Crippen LogP) is 2.08. The molecule has 4 atom stereocenters. The average Bonchev–Trinajstić information content (AvgIpc) is 3.62. The molecule has 4 unspecified atom stereocenters. The summed E-state index contributed by atoms with van der Waals surface area (Å²) in [5.41, 5.74) is 8.88. The van der Waals surface area contributed by atoms with Gasteiger partial charge in [0, 0.05) is 30.1 Å². The monoisotopic (exact) mass is 579 g/mol. The van der Waals surface area contributed by atoms with E-state index in [-0.39, 0.29) is 18.7 Å². The predicted molar refractivity (Wildman–Crippen MR) is 159 cm³/mol. The zero-order valence-corrected chi connectivity index (χ0v) is 23.9. The van der Waals surface area contributed by atoms with Gasteiger partial charge in [-0.3, -0.25) is 14.4 Å². The average molecular weight is 580 g/mol. The van der Waals surface area contributed by atoms with Gasteiger partial charge in [0.25, 0.3) is 0 Å². The van der Waals surface area contributed by atoms with E-state index in [1.165, 1.54) is 16.7 Å². The van der Waals surface area contributed by atoms with Crippen molar-refractivity contribution in [1.29, 1.82) is 0 Å². The molecular weight excluding hydrogens is 542 g/mol. The normalized spacial score (nSPS) is 17.1. The highest BCUT2D eigenvalue weighted by Gasteiger charge is 2.38. The van der Waals surface area contributed by atoms with Gasteiger partial charge in [-0.15, -0.1) is 0 Å². The Morgan fingerprint density at radius 2 is 1.78 bits per heavy atom. The fraction of sp³-hybridized carbons (Fsp3) is 0.400. The molecule has 0 spiro atoms. The molecule has 3 amide bonds. The van der Waals surface area contributed by atoms with Crippen LogP contribution >= 0.6 is 11.8 Å². The molecular formula is C30H37N5O5S. The number of nitrogens with one attached hydrogen (secondary N) is 3. The second-order valence-electron chi connectivity index (χ2n) is 10.3. The third-order valence-corrected chi connectivity index (χ3v) is 8.06. The van der Waals surface area contributed by atoms with Gasteiger partial charge in [-0.25, -0.2) is 4.79 Å². The lowest BCUT2D eigenvalue weighted by atomic mass is 10.0. The van der Waals surface area contributed by atoms with E-state index in [2.05, 4.69) is 15.6 Å². The van der Waals surface area contributed by atoms with E-state index < -0.39 is 42.0 Å². The van der Waals surface area contributed by atoms with Gasteiger partial charge in [-0.2, -0.15) is 11.8 Å². The highest BCUT2D eigenvalue weighted by atomic mass is 32.2. The van der Waals surface area contributed by atoms with Crippen molar-refractivity contribution in [3.05, 3.63) is 71.9 Å². The minimum Gasteiger partial charge on any atom is -0.480 e. The Kier molecular flexibility index (Phi) is 10.4. The van der Waals surface area contributed by atoms with Crippen LogP contribution in [0.4, 0.5) is 0 Å². The first-order valence-corrected chi connectivity index (χ1v) is 15.1. The van der Waals surface area contributed by atoms with Gasteiger partial charge < -0.3 is 31.4 Å². The molecule has 1 saturated heterocycles. The lowest BCUT2D eigenvalue weighted by Gasteiger charge is -2.28. The van der Waals surface area contributed by atoms with Gasteiger partial charge in [0.15, 0.2) is 0 Å². The summed E-state index contributed by atoms with van der Waals surface area (Å²) in [6.45, 7) is 0.397. The number of rotatable bonds is 13. The summed E-state index contributed by atoms with van der Waals surface area (Å²) in [6.07, 6.45) is 5.47. The molecule has 2 aromatic carbocycles. The van der Waals surface area contributed by atoms with E-state index >= 15 is 0 Å². The summed E-state index contributed by atoms with van der Waals surface area (Å²) in [4.78, 5) is 56.8. The molecule has 0 aliphatic carbocycles. The number of carbonyl (C=O) groups excluding carboxylic acids is 3. The molecule has 218 valence electrons. The highest BCUT2D eigenvalue weighted by Crippen LogP contribution is 2.22. The molecule has 6 N–H and O–H groups in total. The molecule has 41 heavy (non-hydrogen) atoms. The highest BCUT2D eigenvalue weighted by molar-refractivity contribution is 7.98. The van der Waals surface area contributed by atoms with Crippen molar-refractivity contribution in [2.24, 2.45) is 5.73 Å². The van der Waals surface area contributed by atoms with Gasteiger partial charge >= 0.3 is 5.97 Å². The van der Waals surface area contributed by atoms with Crippen LogP contribution in [0.2, 0.25) is 0 Å². The summed E-state index contributed by atoms with van der Waals surface area (Å²) in [5, 5.41) is 16.0. The number of nitrogens with two attached hydrogens (primary N) is 1. The molecule has 2 heterocycles. The van der Waals surface area contributed by atoms with E-state index in [1.807, 2.05) is 60.9 Å². The first-order chi connectivity index (χ1) is 19.8. The van der Waals surface area contributed by atoms with Crippen LogP contribution < -0.4 is 16.4 Å². The molecule has 11 heteroatoms. The number of aromatic amines is 1. The third kappa shape index (κ3) is 7.68. The number of nitrogens with zero attached hydrogens (tertiary/aromatic N) is 1. The van der Waals surface area contributed by atoms with Crippen molar-refractivity contribution in [2.75, 3.05) is 18.6 Å². The van der Waals surface area contributed by atoms with Gasteiger partial charge in [0.1, 0.15) is 18.1 Å². The Morgan fingerprint density at radius 1 is 1.05 bits per heavy atom. The van der Waals surface area contributed by atoms with Crippen LogP contribution in [-0.4, -0.2) is 81.4 Å². The molecule has 0 bridgehead atoms. The number of thioether (sulfide) groups is 1. The van der Waals surface area contributed by atoms with Crippen LogP contribution in [0.15, 0.2) is 60.8 Å². The van der Waals surface area contributed by atoms with E-state index in [9.17, 15) is 24.3 Å². The quantitative estimate of drug-likeness (QED) is 0.207. The molecule has 0 radical (unpaired) electrons. The Morgan fingerprint density at radius 3 is 2.51 bits per heavy atom. The van der Waals surface area contributed by atoms with Crippen LogP contribution in [0.25, 0.3) is 10.9 Å². The number of benzene rings is 2. The first-order valence-electron chi connectivity index (χ1n) is 13.8. The largest absolute Gasteiger partial charge is 0.480 e. The van der Waals surface area contributed by atoms with Crippen LogP contribution in [0.3, 0.4) is 0 Å². The van der Waals surface area contributed by atoms with Crippen molar-refractivity contribution in [3.8, 4) is 0 Å². The van der Waals surface area contributed by atoms with Gasteiger partial charge in [0.2, 0.25) is 17.7 Å². The number of hydrogen-bond acceptors (Lipinski definition) is 6. The number of carboxylic acid groups (broad SMARTS) is 1. The number of aliphatic carboxylic acids is 1. The molecule has 10 nitrogen and oxygen atoms in total. The molecule has 4 rings (SSSR count). The molecule has 0 saturated carbocycles. The smallest absolute Gasteiger partial charge is 0.326 e. The number of H-pyrrole nitrogens is 1. The van der Waals surface area contributed by atoms with E-state index in [1.54, 1.807) is 6.20 Å². The maximum atomic E-state index is 13.6. The lowest BCUT2D eigenvalue weighted by Crippen LogP contribution is -2.57.